The van der Waals surface area contributed by atoms with E-state index in [1.54, 1.807) is 49.4 Å². The smallest absolute Gasteiger partial charge is 0.255 e. The molecular formula is C17H18BrNO3. The number of hydrogen-bond acceptors (Lipinski definition) is 3. The van der Waals surface area contributed by atoms with E-state index in [1.807, 2.05) is 6.92 Å². The van der Waals surface area contributed by atoms with Crippen LogP contribution in [0.1, 0.15) is 35.9 Å². The third-order valence-electron chi connectivity index (χ3n) is 3.14. The maximum atomic E-state index is 12.2. The molecule has 2 rings (SSSR count). The van der Waals surface area contributed by atoms with Gasteiger partial charge in [0.05, 0.1) is 17.2 Å². The van der Waals surface area contributed by atoms with Crippen LogP contribution in [0.15, 0.2) is 46.9 Å². The van der Waals surface area contributed by atoms with Crippen molar-refractivity contribution in [3.05, 3.63) is 58.1 Å². The van der Waals surface area contributed by atoms with E-state index < -0.39 is 6.10 Å². The Kier molecular flexibility index (Phi) is 5.57. The van der Waals surface area contributed by atoms with Crippen LogP contribution in [0.2, 0.25) is 0 Å². The van der Waals surface area contributed by atoms with E-state index in [-0.39, 0.29) is 5.91 Å². The van der Waals surface area contributed by atoms with E-state index in [0.29, 0.717) is 23.6 Å². The van der Waals surface area contributed by atoms with E-state index in [0.717, 1.165) is 10.0 Å². The highest BCUT2D eigenvalue weighted by Gasteiger charge is 2.10. The second-order valence-electron chi connectivity index (χ2n) is 4.83. The highest BCUT2D eigenvalue weighted by molar-refractivity contribution is 9.10. The van der Waals surface area contributed by atoms with Crippen molar-refractivity contribution in [2.24, 2.45) is 0 Å². The van der Waals surface area contributed by atoms with Gasteiger partial charge in [0.2, 0.25) is 0 Å². The topological polar surface area (TPSA) is 58.6 Å². The Morgan fingerprint density at radius 3 is 2.50 bits per heavy atom. The van der Waals surface area contributed by atoms with E-state index in [9.17, 15) is 9.90 Å². The van der Waals surface area contributed by atoms with Crippen molar-refractivity contribution in [3.8, 4) is 5.75 Å². The van der Waals surface area contributed by atoms with Gasteiger partial charge in [-0.05, 0) is 65.7 Å². The molecule has 0 heterocycles. The zero-order valence-electron chi connectivity index (χ0n) is 12.5. The van der Waals surface area contributed by atoms with Crippen molar-refractivity contribution in [2.45, 2.75) is 20.0 Å². The minimum absolute atomic E-state index is 0.200. The number of hydrogen-bond donors (Lipinski definition) is 2. The molecule has 2 aromatic carbocycles. The number of carbonyl (C=O) groups excluding carboxylic acids is 1. The van der Waals surface area contributed by atoms with E-state index in [1.165, 1.54) is 0 Å². The Bertz CT molecular complexity index is 653. The molecule has 0 fully saturated rings. The van der Waals surface area contributed by atoms with Gasteiger partial charge in [-0.2, -0.15) is 0 Å². The number of nitrogens with one attached hydrogen (secondary N) is 1. The average molecular weight is 364 g/mol. The number of ether oxygens (including phenoxy) is 1. The van der Waals surface area contributed by atoms with E-state index in [2.05, 4.69) is 21.2 Å². The van der Waals surface area contributed by atoms with Gasteiger partial charge in [-0.3, -0.25) is 4.79 Å². The first-order valence-corrected chi connectivity index (χ1v) is 7.82. The molecule has 1 amide bonds. The number of benzene rings is 2. The molecule has 0 bridgehead atoms. The molecule has 2 aromatic rings. The maximum absolute atomic E-state index is 12.2. The lowest BCUT2D eigenvalue weighted by Crippen LogP contribution is -2.12. The second kappa shape index (κ2) is 7.42. The number of anilines is 1. The largest absolute Gasteiger partial charge is 0.493 e. The molecule has 0 saturated heterocycles. The summed E-state index contributed by atoms with van der Waals surface area (Å²) < 4.78 is 6.17. The van der Waals surface area contributed by atoms with Gasteiger partial charge in [-0.15, -0.1) is 0 Å². The van der Waals surface area contributed by atoms with Crippen LogP contribution in [-0.2, 0) is 0 Å². The van der Waals surface area contributed by atoms with Crippen molar-refractivity contribution >= 4 is 27.5 Å². The number of aliphatic hydroxyl groups excluding tert-OH is 1. The van der Waals surface area contributed by atoms with Gasteiger partial charge in [0.25, 0.3) is 5.91 Å². The molecule has 0 aromatic heterocycles. The van der Waals surface area contributed by atoms with Crippen LogP contribution in [0, 0.1) is 0 Å². The van der Waals surface area contributed by atoms with Crippen molar-refractivity contribution in [1.82, 2.24) is 0 Å². The summed E-state index contributed by atoms with van der Waals surface area (Å²) in [7, 11) is 0. The molecule has 2 N–H and O–H groups in total. The first-order valence-electron chi connectivity index (χ1n) is 7.03. The van der Waals surface area contributed by atoms with E-state index in [4.69, 9.17) is 4.74 Å². The normalized spacial score (nSPS) is 11.8. The zero-order chi connectivity index (χ0) is 16.1. The Hall–Kier alpha value is -1.85. The van der Waals surface area contributed by atoms with Crippen LogP contribution in [0.4, 0.5) is 5.69 Å². The van der Waals surface area contributed by atoms with Crippen molar-refractivity contribution in [1.29, 1.82) is 0 Å². The summed E-state index contributed by atoms with van der Waals surface area (Å²) in [6, 6.07) is 12.3. The Balaban J connectivity index is 2.10. The molecular weight excluding hydrogens is 346 g/mol. The molecule has 0 saturated carbocycles. The van der Waals surface area contributed by atoms with Crippen LogP contribution in [-0.4, -0.2) is 17.6 Å². The minimum atomic E-state index is -0.521. The minimum Gasteiger partial charge on any atom is -0.493 e. The van der Waals surface area contributed by atoms with Gasteiger partial charge >= 0.3 is 0 Å². The lowest BCUT2D eigenvalue weighted by Gasteiger charge is -2.10. The summed E-state index contributed by atoms with van der Waals surface area (Å²) in [6.07, 6.45) is -0.521. The lowest BCUT2D eigenvalue weighted by atomic mass is 10.1. The van der Waals surface area contributed by atoms with Crippen LogP contribution in [0.25, 0.3) is 0 Å². The molecule has 116 valence electrons. The maximum Gasteiger partial charge on any atom is 0.255 e. The van der Waals surface area contributed by atoms with Crippen LogP contribution >= 0.6 is 15.9 Å². The van der Waals surface area contributed by atoms with Gasteiger partial charge in [0, 0.05) is 11.3 Å². The first-order chi connectivity index (χ1) is 10.5. The molecule has 5 heteroatoms. The number of halogens is 1. The van der Waals surface area contributed by atoms with Crippen LogP contribution in [0.3, 0.4) is 0 Å². The summed E-state index contributed by atoms with van der Waals surface area (Å²) in [5, 5.41) is 12.3. The van der Waals surface area contributed by atoms with Crippen LogP contribution < -0.4 is 10.1 Å². The van der Waals surface area contributed by atoms with Crippen molar-refractivity contribution in [2.75, 3.05) is 11.9 Å². The zero-order valence-corrected chi connectivity index (χ0v) is 14.1. The molecule has 1 atom stereocenters. The van der Waals surface area contributed by atoms with Gasteiger partial charge in [0.15, 0.2) is 0 Å². The van der Waals surface area contributed by atoms with Crippen molar-refractivity contribution < 1.29 is 14.6 Å². The summed E-state index contributed by atoms with van der Waals surface area (Å²) in [6.45, 7) is 4.18. The summed E-state index contributed by atoms with van der Waals surface area (Å²) in [5.41, 5.74) is 2.02. The number of amides is 1. The van der Waals surface area contributed by atoms with Gasteiger partial charge in [-0.25, -0.2) is 0 Å². The lowest BCUT2D eigenvalue weighted by molar-refractivity contribution is 0.102. The van der Waals surface area contributed by atoms with Crippen LogP contribution in [0.5, 0.6) is 5.75 Å². The summed E-state index contributed by atoms with van der Waals surface area (Å²) >= 11 is 3.39. The number of carbonyl (C=O) groups is 1. The average Bonchev–Trinajstić information content (AvgIpc) is 2.50. The summed E-state index contributed by atoms with van der Waals surface area (Å²) in [5.74, 6) is 0.508. The molecule has 0 spiro atoms. The van der Waals surface area contributed by atoms with Gasteiger partial charge in [0.1, 0.15) is 5.75 Å². The van der Waals surface area contributed by atoms with Gasteiger partial charge < -0.3 is 15.2 Å². The number of aliphatic hydroxyl groups is 1. The standard InChI is InChI=1S/C17H18BrNO3/c1-3-22-16-9-6-13(10-15(16)18)17(21)19-14-7-4-12(5-8-14)11(2)20/h4-11,20H,3H2,1-2H3,(H,19,21). The number of rotatable bonds is 5. The predicted octanol–water partition coefficient (Wildman–Crippen LogP) is 4.15. The molecule has 4 nitrogen and oxygen atoms in total. The van der Waals surface area contributed by atoms with Crippen molar-refractivity contribution in [3.63, 3.8) is 0 Å². The fourth-order valence-corrected chi connectivity index (χ4v) is 2.46. The monoisotopic (exact) mass is 363 g/mol. The fourth-order valence-electron chi connectivity index (χ4n) is 1.96. The molecule has 0 aliphatic carbocycles. The quantitative estimate of drug-likeness (QED) is 0.838. The SMILES string of the molecule is CCOc1ccc(C(=O)Nc2ccc(C(C)O)cc2)cc1Br. The molecule has 0 radical (unpaired) electrons. The van der Waals surface area contributed by atoms with E-state index >= 15 is 0 Å². The predicted molar refractivity (Wildman–Crippen MR) is 90.3 cm³/mol. The highest BCUT2D eigenvalue weighted by Crippen LogP contribution is 2.26. The molecule has 0 aliphatic rings. The third-order valence-corrected chi connectivity index (χ3v) is 3.76. The Morgan fingerprint density at radius 2 is 1.95 bits per heavy atom. The Morgan fingerprint density at radius 1 is 1.27 bits per heavy atom. The summed E-state index contributed by atoms with van der Waals surface area (Å²) in [4.78, 5) is 12.2. The fraction of sp³-hybridized carbons (Fsp3) is 0.235. The first kappa shape index (κ1) is 16.5. The molecule has 22 heavy (non-hydrogen) atoms. The third kappa shape index (κ3) is 4.08. The molecule has 1 unspecified atom stereocenters. The second-order valence-corrected chi connectivity index (χ2v) is 5.68. The highest BCUT2D eigenvalue weighted by atomic mass is 79.9. The molecule has 0 aliphatic heterocycles. The van der Waals surface area contributed by atoms with Gasteiger partial charge in [-0.1, -0.05) is 12.1 Å². The Labute approximate surface area is 138 Å².